The molecule has 7 nitrogen and oxygen atoms in total. The maximum absolute atomic E-state index is 12.1. The summed E-state index contributed by atoms with van der Waals surface area (Å²) in [4.78, 5) is 12.1. The molecule has 2 aromatic rings. The molecule has 0 fully saturated rings. The molecule has 0 radical (unpaired) electrons. The van der Waals surface area contributed by atoms with Crippen LogP contribution in [0.1, 0.15) is 31.3 Å². The van der Waals surface area contributed by atoms with Crippen molar-refractivity contribution in [3.8, 4) is 0 Å². The van der Waals surface area contributed by atoms with E-state index in [1.165, 1.54) is 0 Å². The number of hydrogen-bond acceptors (Lipinski definition) is 4. The van der Waals surface area contributed by atoms with E-state index >= 15 is 0 Å². The van der Waals surface area contributed by atoms with Crippen molar-refractivity contribution in [1.29, 1.82) is 0 Å². The molecule has 2 heterocycles. The highest BCUT2D eigenvalue weighted by atomic mass is 16.2. The number of nitrogens with zero attached hydrogens (tertiary/aromatic N) is 4. The topological polar surface area (TPSA) is 90.8 Å². The Bertz CT molecular complexity index is 625. The van der Waals surface area contributed by atoms with Crippen LogP contribution in [0.4, 0.5) is 11.5 Å². The Labute approximate surface area is 117 Å². The minimum absolute atomic E-state index is 0.132. The molecule has 0 aliphatic rings. The molecule has 108 valence electrons. The van der Waals surface area contributed by atoms with Gasteiger partial charge in [-0.05, 0) is 27.7 Å². The molecule has 3 N–H and O–H groups in total. The minimum atomic E-state index is -0.155. The summed E-state index contributed by atoms with van der Waals surface area (Å²) in [6.45, 7) is 7.81. The molecule has 0 aliphatic heterocycles. The van der Waals surface area contributed by atoms with Crippen LogP contribution in [0.15, 0.2) is 12.3 Å². The van der Waals surface area contributed by atoms with Crippen LogP contribution in [-0.2, 0) is 11.3 Å². The Hall–Kier alpha value is -2.31. The van der Waals surface area contributed by atoms with E-state index in [2.05, 4.69) is 15.5 Å². The molecular weight excluding hydrogens is 256 g/mol. The third-order valence-corrected chi connectivity index (χ3v) is 3.16. The van der Waals surface area contributed by atoms with Crippen LogP contribution in [0.25, 0.3) is 0 Å². The summed E-state index contributed by atoms with van der Waals surface area (Å²) in [5, 5.41) is 11.3. The Morgan fingerprint density at radius 2 is 2.15 bits per heavy atom. The number of anilines is 2. The van der Waals surface area contributed by atoms with Crippen LogP contribution >= 0.6 is 0 Å². The Kier molecular flexibility index (Phi) is 3.78. The van der Waals surface area contributed by atoms with Crippen molar-refractivity contribution in [1.82, 2.24) is 19.6 Å². The summed E-state index contributed by atoms with van der Waals surface area (Å²) in [6, 6.07) is 1.96. The van der Waals surface area contributed by atoms with Gasteiger partial charge in [-0.25, -0.2) is 4.68 Å². The highest BCUT2D eigenvalue weighted by Gasteiger charge is 2.13. The van der Waals surface area contributed by atoms with Gasteiger partial charge < -0.3 is 11.1 Å². The van der Waals surface area contributed by atoms with Crippen LogP contribution < -0.4 is 11.1 Å². The van der Waals surface area contributed by atoms with Crippen molar-refractivity contribution in [3.63, 3.8) is 0 Å². The van der Waals surface area contributed by atoms with Crippen molar-refractivity contribution in [2.75, 3.05) is 11.1 Å². The summed E-state index contributed by atoms with van der Waals surface area (Å²) in [6.07, 6.45) is 1.66. The van der Waals surface area contributed by atoms with Crippen molar-refractivity contribution in [3.05, 3.63) is 23.7 Å². The first-order valence-corrected chi connectivity index (χ1v) is 6.53. The van der Waals surface area contributed by atoms with Crippen LogP contribution in [0.5, 0.6) is 0 Å². The first-order valence-electron chi connectivity index (χ1n) is 6.53. The summed E-state index contributed by atoms with van der Waals surface area (Å²) in [7, 11) is 0. The lowest BCUT2D eigenvalue weighted by atomic mass is 10.3. The van der Waals surface area contributed by atoms with E-state index in [9.17, 15) is 4.79 Å². The fraction of sp³-hybridized carbons (Fsp3) is 0.462. The van der Waals surface area contributed by atoms with Gasteiger partial charge in [0.05, 0.1) is 23.3 Å². The van der Waals surface area contributed by atoms with Crippen molar-refractivity contribution < 1.29 is 4.79 Å². The predicted molar refractivity (Wildman–Crippen MR) is 77.4 cm³/mol. The van der Waals surface area contributed by atoms with E-state index in [1.807, 2.05) is 27.7 Å². The number of nitrogens with two attached hydrogens (primary N) is 1. The number of carbonyl (C=O) groups is 1. The molecular formula is C13H20N6O. The first kappa shape index (κ1) is 14.1. The van der Waals surface area contributed by atoms with E-state index in [1.54, 1.807) is 21.6 Å². The van der Waals surface area contributed by atoms with Gasteiger partial charge in [-0.3, -0.25) is 9.48 Å². The number of carbonyl (C=O) groups excluding carboxylic acids is 1. The molecule has 0 atom stereocenters. The summed E-state index contributed by atoms with van der Waals surface area (Å²) in [5.74, 6) is 0.525. The second-order valence-corrected chi connectivity index (χ2v) is 5.05. The third kappa shape index (κ3) is 2.66. The van der Waals surface area contributed by atoms with Gasteiger partial charge in [-0.1, -0.05) is 0 Å². The molecule has 7 heteroatoms. The predicted octanol–water partition coefficient (Wildman–Crippen LogP) is 1.50. The van der Waals surface area contributed by atoms with E-state index < -0.39 is 0 Å². The van der Waals surface area contributed by atoms with E-state index in [4.69, 9.17) is 5.73 Å². The summed E-state index contributed by atoms with van der Waals surface area (Å²) >= 11 is 0. The number of aromatic nitrogens is 4. The highest BCUT2D eigenvalue weighted by Crippen LogP contribution is 2.16. The van der Waals surface area contributed by atoms with Crippen LogP contribution in [0.3, 0.4) is 0 Å². The second-order valence-electron chi connectivity index (χ2n) is 5.05. The van der Waals surface area contributed by atoms with Gasteiger partial charge in [0.25, 0.3) is 0 Å². The fourth-order valence-electron chi connectivity index (χ4n) is 2.01. The molecule has 0 saturated carbocycles. The van der Waals surface area contributed by atoms with E-state index in [-0.39, 0.29) is 18.5 Å². The number of hydrogen-bond donors (Lipinski definition) is 2. The number of nitrogen functional groups attached to an aromatic ring is 1. The largest absolute Gasteiger partial charge is 0.396 e. The van der Waals surface area contributed by atoms with Crippen LogP contribution in [0.2, 0.25) is 0 Å². The zero-order chi connectivity index (χ0) is 14.9. The zero-order valence-electron chi connectivity index (χ0n) is 12.2. The lowest BCUT2D eigenvalue weighted by Crippen LogP contribution is -2.22. The van der Waals surface area contributed by atoms with Gasteiger partial charge in [0.1, 0.15) is 12.4 Å². The fourth-order valence-corrected chi connectivity index (χ4v) is 2.01. The summed E-state index contributed by atoms with van der Waals surface area (Å²) in [5.41, 5.74) is 8.02. The third-order valence-electron chi connectivity index (χ3n) is 3.16. The average molecular weight is 276 g/mol. The maximum Gasteiger partial charge on any atom is 0.247 e. The lowest BCUT2D eigenvalue weighted by molar-refractivity contribution is -0.117. The quantitative estimate of drug-likeness (QED) is 0.885. The number of nitrogens with one attached hydrogen (secondary N) is 1. The van der Waals surface area contributed by atoms with Crippen molar-refractivity contribution in [2.45, 2.75) is 40.3 Å². The number of amides is 1. The molecule has 2 aromatic heterocycles. The Balaban J connectivity index is 2.09. The van der Waals surface area contributed by atoms with Crippen molar-refractivity contribution in [2.24, 2.45) is 0 Å². The molecule has 0 aromatic carbocycles. The molecule has 0 unspecified atom stereocenters. The monoisotopic (exact) mass is 276 g/mol. The molecule has 0 aliphatic carbocycles. The van der Waals surface area contributed by atoms with Crippen LogP contribution in [-0.4, -0.2) is 25.5 Å². The molecule has 2 rings (SSSR count). The highest BCUT2D eigenvalue weighted by molar-refractivity contribution is 5.89. The number of aryl methyl sites for hydroxylation is 1. The normalized spacial score (nSPS) is 11.1. The van der Waals surface area contributed by atoms with Crippen LogP contribution in [0, 0.1) is 13.8 Å². The zero-order valence-corrected chi connectivity index (χ0v) is 12.2. The SMILES string of the molecule is Cc1nn(CC(=O)Nc2ccnn2C(C)C)c(C)c1N. The minimum Gasteiger partial charge on any atom is -0.396 e. The molecule has 20 heavy (non-hydrogen) atoms. The average Bonchev–Trinajstić information content (AvgIpc) is 2.91. The molecule has 0 spiro atoms. The molecule has 0 saturated heterocycles. The first-order chi connectivity index (χ1) is 9.40. The van der Waals surface area contributed by atoms with Gasteiger partial charge in [-0.15, -0.1) is 0 Å². The van der Waals surface area contributed by atoms with Gasteiger partial charge in [0.2, 0.25) is 5.91 Å². The van der Waals surface area contributed by atoms with Gasteiger partial charge in [0.15, 0.2) is 0 Å². The standard InChI is InChI=1S/C13H20N6O/c1-8(2)19-11(5-6-15-19)16-12(20)7-18-10(4)13(14)9(3)17-18/h5-6,8H,7,14H2,1-4H3,(H,16,20). The lowest BCUT2D eigenvalue weighted by Gasteiger charge is -2.12. The van der Waals surface area contributed by atoms with E-state index in [0.717, 1.165) is 11.4 Å². The van der Waals surface area contributed by atoms with Gasteiger partial charge in [0, 0.05) is 12.1 Å². The molecule has 1 amide bonds. The van der Waals surface area contributed by atoms with E-state index in [0.29, 0.717) is 11.5 Å². The van der Waals surface area contributed by atoms with Gasteiger partial charge in [-0.2, -0.15) is 10.2 Å². The van der Waals surface area contributed by atoms with Crippen molar-refractivity contribution >= 4 is 17.4 Å². The summed E-state index contributed by atoms with van der Waals surface area (Å²) < 4.78 is 3.36. The second kappa shape index (κ2) is 5.36. The molecule has 0 bridgehead atoms. The smallest absolute Gasteiger partial charge is 0.247 e. The number of rotatable bonds is 4. The van der Waals surface area contributed by atoms with Gasteiger partial charge >= 0.3 is 0 Å². The maximum atomic E-state index is 12.1. The Morgan fingerprint density at radius 3 is 2.70 bits per heavy atom. The Morgan fingerprint density at radius 1 is 1.45 bits per heavy atom.